The lowest BCUT2D eigenvalue weighted by atomic mass is 10.3. The monoisotopic (exact) mass is 396 g/mol. The second-order valence-corrected chi connectivity index (χ2v) is 7.57. The van der Waals surface area contributed by atoms with E-state index in [9.17, 15) is 13.2 Å². The number of rotatable bonds is 10. The second-order valence-electron chi connectivity index (χ2n) is 5.68. The van der Waals surface area contributed by atoms with Gasteiger partial charge in [-0.25, -0.2) is 17.9 Å². The maximum Gasteiger partial charge on any atom is 0.355 e. The summed E-state index contributed by atoms with van der Waals surface area (Å²) < 4.78 is 43.3. The van der Waals surface area contributed by atoms with Crippen LogP contribution in [0.15, 0.2) is 41.4 Å². The molecule has 0 spiro atoms. The molecule has 27 heavy (non-hydrogen) atoms. The first kappa shape index (κ1) is 20.8. The van der Waals surface area contributed by atoms with Crippen LogP contribution in [0, 0.1) is 0 Å². The van der Waals surface area contributed by atoms with E-state index in [-0.39, 0.29) is 23.8 Å². The van der Waals surface area contributed by atoms with Gasteiger partial charge in [-0.1, -0.05) is 6.92 Å². The van der Waals surface area contributed by atoms with Crippen LogP contribution >= 0.6 is 0 Å². The van der Waals surface area contributed by atoms with Gasteiger partial charge in [-0.3, -0.25) is 0 Å². The van der Waals surface area contributed by atoms with Crippen molar-refractivity contribution < 1.29 is 27.4 Å². The number of nitrogens with one attached hydrogen (secondary N) is 1. The highest BCUT2D eigenvalue weighted by molar-refractivity contribution is 7.89. The Balaban J connectivity index is 1.83. The fourth-order valence-electron chi connectivity index (χ4n) is 2.22. The van der Waals surface area contributed by atoms with E-state index in [4.69, 9.17) is 14.2 Å². The van der Waals surface area contributed by atoms with Gasteiger partial charge in [-0.15, -0.1) is 0 Å². The van der Waals surface area contributed by atoms with Gasteiger partial charge in [0.15, 0.2) is 0 Å². The largest absolute Gasteiger partial charge is 0.494 e. The molecule has 0 saturated carbocycles. The van der Waals surface area contributed by atoms with Crippen molar-refractivity contribution in [2.45, 2.75) is 18.2 Å². The highest BCUT2D eigenvalue weighted by atomic mass is 32.2. The van der Waals surface area contributed by atoms with E-state index in [1.807, 2.05) is 19.1 Å². The molecule has 9 heteroatoms. The summed E-state index contributed by atoms with van der Waals surface area (Å²) in [5.74, 6) is 0.782. The molecule has 8 nitrogen and oxygen atoms in total. The molecule has 0 radical (unpaired) electrons. The van der Waals surface area contributed by atoms with E-state index in [0.29, 0.717) is 12.4 Å². The third-order valence-corrected chi connectivity index (χ3v) is 5.03. The van der Waals surface area contributed by atoms with Crippen molar-refractivity contribution in [1.29, 1.82) is 0 Å². The summed E-state index contributed by atoms with van der Waals surface area (Å²) in [6.07, 6.45) is 2.29. The molecule has 0 unspecified atom stereocenters. The highest BCUT2D eigenvalue weighted by Crippen LogP contribution is 2.18. The van der Waals surface area contributed by atoms with Crippen LogP contribution in [0.3, 0.4) is 0 Å². The number of aromatic nitrogens is 1. The summed E-state index contributed by atoms with van der Waals surface area (Å²) in [5.41, 5.74) is 0.140. The molecule has 0 bridgehead atoms. The lowest BCUT2D eigenvalue weighted by Crippen LogP contribution is -2.17. The average molecular weight is 396 g/mol. The molecule has 1 aromatic carbocycles. The normalized spacial score (nSPS) is 11.2. The lowest BCUT2D eigenvalue weighted by Gasteiger charge is -2.09. The summed E-state index contributed by atoms with van der Waals surface area (Å²) in [6, 6.07) is 8.44. The summed E-state index contributed by atoms with van der Waals surface area (Å²) in [5, 5.41) is 0. The van der Waals surface area contributed by atoms with Gasteiger partial charge in [0.25, 0.3) is 0 Å². The SMILES string of the molecule is CCCOc1ccc(OCCOC(=O)c2cc(S(=O)(=O)NC)cn2C)cc1. The molecule has 0 amide bonds. The van der Waals surface area contributed by atoms with Gasteiger partial charge in [-0.2, -0.15) is 0 Å². The van der Waals surface area contributed by atoms with Gasteiger partial charge < -0.3 is 18.8 Å². The molecule has 2 rings (SSSR count). The Kier molecular flexibility index (Phi) is 7.26. The van der Waals surface area contributed by atoms with Crippen LogP contribution in [-0.2, 0) is 21.8 Å². The molecule has 1 heterocycles. The summed E-state index contributed by atoms with van der Waals surface area (Å²) >= 11 is 0. The second kappa shape index (κ2) is 9.43. The first-order valence-corrected chi connectivity index (χ1v) is 9.98. The maximum absolute atomic E-state index is 12.1. The van der Waals surface area contributed by atoms with Crippen LogP contribution in [0.5, 0.6) is 11.5 Å². The zero-order valence-corrected chi connectivity index (χ0v) is 16.4. The molecule has 0 atom stereocenters. The third kappa shape index (κ3) is 5.73. The molecular weight excluding hydrogens is 372 g/mol. The van der Waals surface area contributed by atoms with E-state index in [1.165, 1.54) is 23.9 Å². The molecule has 0 aliphatic carbocycles. The molecule has 148 valence electrons. The fraction of sp³-hybridized carbons (Fsp3) is 0.389. The quantitative estimate of drug-likeness (QED) is 0.487. The lowest BCUT2D eigenvalue weighted by molar-refractivity contribution is 0.0439. The van der Waals surface area contributed by atoms with Crippen molar-refractivity contribution >= 4 is 16.0 Å². The van der Waals surface area contributed by atoms with Crippen molar-refractivity contribution in [3.05, 3.63) is 42.2 Å². The number of hydrogen-bond acceptors (Lipinski definition) is 6. The molecule has 0 aliphatic heterocycles. The zero-order chi connectivity index (χ0) is 19.9. The third-order valence-electron chi connectivity index (χ3n) is 3.65. The summed E-state index contributed by atoms with van der Waals surface area (Å²) in [4.78, 5) is 12.1. The van der Waals surface area contributed by atoms with E-state index in [2.05, 4.69) is 4.72 Å². The Morgan fingerprint density at radius 1 is 1.07 bits per heavy atom. The van der Waals surface area contributed by atoms with Crippen LogP contribution < -0.4 is 14.2 Å². The van der Waals surface area contributed by atoms with Crippen LogP contribution in [0.4, 0.5) is 0 Å². The van der Waals surface area contributed by atoms with Gasteiger partial charge in [0.2, 0.25) is 10.0 Å². The molecule has 0 fully saturated rings. The van der Waals surface area contributed by atoms with Gasteiger partial charge in [0, 0.05) is 13.2 Å². The van der Waals surface area contributed by atoms with Crippen LogP contribution in [-0.4, -0.2) is 45.8 Å². The first-order valence-electron chi connectivity index (χ1n) is 8.50. The topological polar surface area (TPSA) is 95.9 Å². The van der Waals surface area contributed by atoms with Gasteiger partial charge in [0.05, 0.1) is 6.61 Å². The Labute approximate surface area is 159 Å². The summed E-state index contributed by atoms with van der Waals surface area (Å²) in [6.45, 7) is 2.90. The smallest absolute Gasteiger partial charge is 0.355 e. The molecule has 1 N–H and O–H groups in total. The minimum Gasteiger partial charge on any atom is -0.494 e. The standard InChI is InChI=1S/C18H24N2O6S/c1-4-9-24-14-5-7-15(8-6-14)25-10-11-26-18(21)17-12-16(13-20(17)3)27(22,23)19-2/h5-8,12-13,19H,4,9-11H2,1-3H3. The molecule has 2 aromatic rings. The molecule has 0 aliphatic rings. The predicted octanol–water partition coefficient (Wildman–Crippen LogP) is 1.96. The first-order chi connectivity index (χ1) is 12.9. The van der Waals surface area contributed by atoms with Crippen molar-refractivity contribution in [1.82, 2.24) is 9.29 Å². The van der Waals surface area contributed by atoms with Crippen molar-refractivity contribution in [3.63, 3.8) is 0 Å². The number of esters is 1. The average Bonchev–Trinajstić information content (AvgIpc) is 3.07. The van der Waals surface area contributed by atoms with Gasteiger partial charge in [0.1, 0.15) is 35.3 Å². The van der Waals surface area contributed by atoms with E-state index in [1.54, 1.807) is 19.2 Å². The van der Waals surface area contributed by atoms with Crippen LogP contribution in [0.25, 0.3) is 0 Å². The van der Waals surface area contributed by atoms with Crippen molar-refractivity contribution in [2.75, 3.05) is 26.9 Å². The Morgan fingerprint density at radius 3 is 2.22 bits per heavy atom. The number of nitrogens with zero attached hydrogens (tertiary/aromatic N) is 1. The molecule has 1 aromatic heterocycles. The number of aryl methyl sites for hydroxylation is 1. The minimum atomic E-state index is -3.62. The van der Waals surface area contributed by atoms with E-state index < -0.39 is 16.0 Å². The van der Waals surface area contributed by atoms with Crippen LogP contribution in [0.2, 0.25) is 0 Å². The van der Waals surface area contributed by atoms with Crippen LogP contribution in [0.1, 0.15) is 23.8 Å². The van der Waals surface area contributed by atoms with Crippen molar-refractivity contribution in [2.24, 2.45) is 7.05 Å². The Bertz CT molecular complexity index is 858. The van der Waals surface area contributed by atoms with E-state index >= 15 is 0 Å². The fourth-order valence-corrected chi connectivity index (χ4v) is 3.02. The summed E-state index contributed by atoms with van der Waals surface area (Å²) in [7, 11) is -0.739. The van der Waals surface area contributed by atoms with Crippen molar-refractivity contribution in [3.8, 4) is 11.5 Å². The zero-order valence-electron chi connectivity index (χ0n) is 15.6. The number of benzene rings is 1. The Morgan fingerprint density at radius 2 is 1.67 bits per heavy atom. The number of sulfonamides is 1. The number of ether oxygens (including phenoxy) is 3. The van der Waals surface area contributed by atoms with E-state index in [0.717, 1.165) is 12.2 Å². The minimum absolute atomic E-state index is 0.00100. The Hall–Kier alpha value is -2.52. The molecule has 0 saturated heterocycles. The highest BCUT2D eigenvalue weighted by Gasteiger charge is 2.20. The predicted molar refractivity (Wildman–Crippen MR) is 99.7 cm³/mol. The molecular formula is C18H24N2O6S. The number of carbonyl (C=O) groups is 1. The van der Waals surface area contributed by atoms with Gasteiger partial charge >= 0.3 is 5.97 Å². The number of hydrogen-bond donors (Lipinski definition) is 1. The van der Waals surface area contributed by atoms with Gasteiger partial charge in [-0.05, 0) is 43.8 Å². The maximum atomic E-state index is 12.1. The number of carbonyl (C=O) groups excluding carboxylic acids is 1.